The van der Waals surface area contributed by atoms with Gasteiger partial charge in [0.25, 0.3) is 5.91 Å². The number of aromatic nitrogens is 3. The van der Waals surface area contributed by atoms with Gasteiger partial charge in [0, 0.05) is 16.9 Å². The van der Waals surface area contributed by atoms with Crippen LogP contribution in [0.15, 0.2) is 89.2 Å². The van der Waals surface area contributed by atoms with E-state index in [1.807, 2.05) is 100 Å². The zero-order valence-corrected chi connectivity index (χ0v) is 22.6. The molecule has 0 fully saturated rings. The standard InChI is InChI=1S/C30H29N5O2S/c1-18-10-13-22(14-11-18)25(36)17-38-30-33-29-31-21(4)26(27(35(29)34-30)23-8-6-5-7-9-23)28(37)32-24-15-12-19(2)16-20(24)3/h5-16,27H,17H2,1-4H3,(H,32,37)(H,31,33,34)/t27-/m0/s1. The van der Waals surface area contributed by atoms with E-state index >= 15 is 0 Å². The molecule has 0 aliphatic carbocycles. The molecule has 1 atom stereocenters. The minimum atomic E-state index is -0.479. The lowest BCUT2D eigenvalue weighted by Crippen LogP contribution is -2.31. The summed E-state index contributed by atoms with van der Waals surface area (Å²) in [5.74, 6) is 0.554. The first-order valence-electron chi connectivity index (χ1n) is 12.4. The summed E-state index contributed by atoms with van der Waals surface area (Å²) in [4.78, 5) is 31.0. The number of anilines is 2. The number of allylic oxidation sites excluding steroid dienone is 1. The van der Waals surface area contributed by atoms with Gasteiger partial charge in [-0.2, -0.15) is 4.98 Å². The molecule has 0 radical (unpaired) electrons. The quantitative estimate of drug-likeness (QED) is 0.225. The van der Waals surface area contributed by atoms with Gasteiger partial charge in [-0.1, -0.05) is 89.6 Å². The predicted octanol–water partition coefficient (Wildman–Crippen LogP) is 6.11. The number of thioether (sulfide) groups is 1. The van der Waals surface area contributed by atoms with Crippen LogP contribution >= 0.6 is 11.8 Å². The molecular weight excluding hydrogens is 494 g/mol. The molecule has 0 unspecified atom stereocenters. The van der Waals surface area contributed by atoms with Crippen molar-refractivity contribution >= 4 is 35.1 Å². The number of carbonyl (C=O) groups excluding carboxylic acids is 2. The normalized spacial score (nSPS) is 14.6. The van der Waals surface area contributed by atoms with Gasteiger partial charge in [-0.25, -0.2) is 4.68 Å². The fourth-order valence-electron chi connectivity index (χ4n) is 4.53. The second-order valence-corrected chi connectivity index (χ2v) is 10.4. The van der Waals surface area contributed by atoms with Crippen molar-refractivity contribution in [1.82, 2.24) is 14.8 Å². The van der Waals surface area contributed by atoms with E-state index < -0.39 is 6.04 Å². The molecule has 1 aliphatic heterocycles. The van der Waals surface area contributed by atoms with Crippen LogP contribution in [0.3, 0.4) is 0 Å². The molecule has 1 aliphatic rings. The van der Waals surface area contributed by atoms with E-state index in [1.165, 1.54) is 11.8 Å². The number of aryl methyl sites for hydroxylation is 3. The maximum Gasteiger partial charge on any atom is 0.255 e. The first-order chi connectivity index (χ1) is 18.3. The van der Waals surface area contributed by atoms with Gasteiger partial charge in [0.15, 0.2) is 5.78 Å². The van der Waals surface area contributed by atoms with Gasteiger partial charge >= 0.3 is 0 Å². The van der Waals surface area contributed by atoms with Crippen LogP contribution < -0.4 is 10.6 Å². The SMILES string of the molecule is CC1=C(C(=O)Nc2ccc(C)cc2C)[C@H](c2ccccc2)n2nc(SCC(=O)c3ccc(C)cc3)nc2N1. The smallest absolute Gasteiger partial charge is 0.255 e. The van der Waals surface area contributed by atoms with Gasteiger partial charge in [-0.15, -0.1) is 5.10 Å². The number of nitrogens with zero attached hydrogens (tertiary/aromatic N) is 3. The van der Waals surface area contributed by atoms with Gasteiger partial charge in [-0.05, 0) is 44.9 Å². The molecule has 38 heavy (non-hydrogen) atoms. The summed E-state index contributed by atoms with van der Waals surface area (Å²) in [6, 6.07) is 22.8. The summed E-state index contributed by atoms with van der Waals surface area (Å²) in [5.41, 5.74) is 6.84. The number of carbonyl (C=O) groups is 2. The minimum absolute atomic E-state index is 0.0122. The van der Waals surface area contributed by atoms with E-state index in [0.717, 1.165) is 27.9 Å². The molecule has 1 aromatic heterocycles. The second kappa shape index (κ2) is 10.7. The lowest BCUT2D eigenvalue weighted by Gasteiger charge is -2.28. The van der Waals surface area contributed by atoms with Crippen LogP contribution in [0, 0.1) is 20.8 Å². The molecule has 0 saturated heterocycles. The summed E-state index contributed by atoms with van der Waals surface area (Å²) in [5, 5.41) is 11.5. The third kappa shape index (κ3) is 5.26. The largest absolute Gasteiger partial charge is 0.328 e. The van der Waals surface area contributed by atoms with Crippen molar-refractivity contribution in [1.29, 1.82) is 0 Å². The molecule has 0 saturated carbocycles. The fourth-order valence-corrected chi connectivity index (χ4v) is 5.25. The van der Waals surface area contributed by atoms with Gasteiger partial charge in [0.2, 0.25) is 11.1 Å². The van der Waals surface area contributed by atoms with Crippen molar-refractivity contribution in [2.24, 2.45) is 0 Å². The van der Waals surface area contributed by atoms with Crippen LogP contribution in [0.2, 0.25) is 0 Å². The van der Waals surface area contributed by atoms with Gasteiger partial charge in [-0.3, -0.25) is 9.59 Å². The highest BCUT2D eigenvalue weighted by Gasteiger charge is 2.34. The van der Waals surface area contributed by atoms with Gasteiger partial charge in [0.1, 0.15) is 6.04 Å². The monoisotopic (exact) mass is 523 g/mol. The first-order valence-corrected chi connectivity index (χ1v) is 13.4. The molecule has 3 aromatic carbocycles. The highest BCUT2D eigenvalue weighted by molar-refractivity contribution is 7.99. The van der Waals surface area contributed by atoms with Crippen molar-refractivity contribution in [2.75, 3.05) is 16.4 Å². The number of fused-ring (bicyclic) bond motifs is 1. The van der Waals surface area contributed by atoms with E-state index in [0.29, 0.717) is 27.9 Å². The topological polar surface area (TPSA) is 88.9 Å². The predicted molar refractivity (Wildman–Crippen MR) is 152 cm³/mol. The molecule has 8 heteroatoms. The van der Waals surface area contributed by atoms with Crippen LogP contribution in [-0.4, -0.2) is 32.2 Å². The first kappa shape index (κ1) is 25.5. The number of nitrogens with one attached hydrogen (secondary N) is 2. The van der Waals surface area contributed by atoms with Crippen molar-refractivity contribution < 1.29 is 9.59 Å². The molecule has 0 spiro atoms. The summed E-state index contributed by atoms with van der Waals surface area (Å²) < 4.78 is 1.73. The van der Waals surface area contributed by atoms with Crippen LogP contribution in [0.1, 0.15) is 45.6 Å². The third-order valence-electron chi connectivity index (χ3n) is 6.53. The highest BCUT2D eigenvalue weighted by Crippen LogP contribution is 2.37. The van der Waals surface area contributed by atoms with Crippen LogP contribution in [-0.2, 0) is 4.79 Å². The van der Waals surface area contributed by atoms with E-state index in [4.69, 9.17) is 5.10 Å². The van der Waals surface area contributed by atoms with Crippen molar-refractivity contribution in [2.45, 2.75) is 38.9 Å². The molecule has 7 nitrogen and oxygen atoms in total. The number of benzene rings is 3. The summed E-state index contributed by atoms with van der Waals surface area (Å²) >= 11 is 1.28. The molecule has 0 bridgehead atoms. The van der Waals surface area contributed by atoms with Gasteiger partial charge < -0.3 is 10.6 Å². The van der Waals surface area contributed by atoms with Crippen LogP contribution in [0.25, 0.3) is 0 Å². The minimum Gasteiger partial charge on any atom is -0.328 e. The molecule has 192 valence electrons. The molecule has 2 heterocycles. The van der Waals surface area contributed by atoms with Crippen LogP contribution in [0.5, 0.6) is 0 Å². The Labute approximate surface area is 226 Å². The zero-order chi connectivity index (χ0) is 26.8. The number of rotatable bonds is 7. The Morgan fingerprint density at radius 2 is 1.66 bits per heavy atom. The molecular formula is C30H29N5O2S. The Kier molecular flexibility index (Phi) is 7.15. The second-order valence-electron chi connectivity index (χ2n) is 9.49. The van der Waals surface area contributed by atoms with Crippen molar-refractivity contribution in [3.05, 3.63) is 112 Å². The van der Waals surface area contributed by atoms with E-state index in [1.54, 1.807) is 4.68 Å². The number of hydrogen-bond acceptors (Lipinski definition) is 6. The lowest BCUT2D eigenvalue weighted by atomic mass is 9.95. The van der Waals surface area contributed by atoms with E-state index in [2.05, 4.69) is 15.6 Å². The number of hydrogen-bond donors (Lipinski definition) is 2. The maximum atomic E-state index is 13.7. The van der Waals surface area contributed by atoms with Crippen molar-refractivity contribution in [3.8, 4) is 0 Å². The Hall–Kier alpha value is -4.17. The Morgan fingerprint density at radius 3 is 2.37 bits per heavy atom. The van der Waals surface area contributed by atoms with Crippen molar-refractivity contribution in [3.63, 3.8) is 0 Å². The fraction of sp³-hybridized carbons (Fsp3) is 0.200. The number of amides is 1. The average Bonchev–Trinajstić information content (AvgIpc) is 3.31. The Bertz CT molecular complexity index is 1540. The highest BCUT2D eigenvalue weighted by atomic mass is 32.2. The summed E-state index contributed by atoms with van der Waals surface area (Å²) in [6.07, 6.45) is 0. The van der Waals surface area contributed by atoms with E-state index in [9.17, 15) is 9.59 Å². The van der Waals surface area contributed by atoms with E-state index in [-0.39, 0.29) is 17.4 Å². The maximum absolute atomic E-state index is 13.7. The molecule has 4 aromatic rings. The summed E-state index contributed by atoms with van der Waals surface area (Å²) in [6.45, 7) is 7.87. The Balaban J connectivity index is 1.43. The summed E-state index contributed by atoms with van der Waals surface area (Å²) in [7, 11) is 0. The Morgan fingerprint density at radius 1 is 0.947 bits per heavy atom. The number of ketones is 1. The van der Waals surface area contributed by atoms with Gasteiger partial charge in [0.05, 0.1) is 11.3 Å². The third-order valence-corrected chi connectivity index (χ3v) is 7.37. The zero-order valence-electron chi connectivity index (χ0n) is 21.8. The number of Topliss-reactive ketones (excluding diaryl/α,β-unsaturated/α-hetero) is 1. The molecule has 2 N–H and O–H groups in total. The van der Waals surface area contributed by atoms with Crippen LogP contribution in [0.4, 0.5) is 11.6 Å². The molecule has 5 rings (SSSR count). The lowest BCUT2D eigenvalue weighted by molar-refractivity contribution is -0.113. The average molecular weight is 524 g/mol. The molecule has 1 amide bonds.